The average molecular weight is 281 g/mol. The van der Waals surface area contributed by atoms with E-state index in [0.29, 0.717) is 25.3 Å². The van der Waals surface area contributed by atoms with Gasteiger partial charge in [0.15, 0.2) is 0 Å². The molecule has 0 unspecified atom stereocenters. The highest BCUT2D eigenvalue weighted by atomic mass is 16.2. The van der Waals surface area contributed by atoms with Gasteiger partial charge in [0.2, 0.25) is 5.91 Å². The van der Waals surface area contributed by atoms with E-state index in [4.69, 9.17) is 0 Å². The maximum absolute atomic E-state index is 11.9. The summed E-state index contributed by atoms with van der Waals surface area (Å²) in [6, 6.07) is 0. The highest BCUT2D eigenvalue weighted by Gasteiger charge is 2.12. The molecule has 2 heterocycles. The van der Waals surface area contributed by atoms with Crippen LogP contribution >= 0.6 is 0 Å². The van der Waals surface area contributed by atoms with Gasteiger partial charge in [0.1, 0.15) is 5.82 Å². The minimum Gasteiger partial charge on any atom is -0.355 e. The van der Waals surface area contributed by atoms with Crippen molar-refractivity contribution in [2.75, 3.05) is 26.2 Å². The van der Waals surface area contributed by atoms with Crippen LogP contribution in [0.15, 0.2) is 4.79 Å². The molecule has 0 saturated carbocycles. The lowest BCUT2D eigenvalue weighted by Gasteiger charge is -2.23. The van der Waals surface area contributed by atoms with Gasteiger partial charge in [-0.3, -0.25) is 14.7 Å². The lowest BCUT2D eigenvalue weighted by atomic mass is 10.1. The van der Waals surface area contributed by atoms with Crippen molar-refractivity contribution in [2.45, 2.75) is 38.5 Å². The number of H-pyrrole nitrogens is 2. The predicted molar refractivity (Wildman–Crippen MR) is 75.4 cm³/mol. The zero-order chi connectivity index (χ0) is 14.2. The highest BCUT2D eigenvalue weighted by molar-refractivity contribution is 5.77. The number of nitrogens with one attached hydrogen (secondary N) is 3. The monoisotopic (exact) mass is 281 g/mol. The summed E-state index contributed by atoms with van der Waals surface area (Å²) in [5.41, 5.74) is -0.313. The Morgan fingerprint density at radius 3 is 2.55 bits per heavy atom. The van der Waals surface area contributed by atoms with E-state index in [2.05, 4.69) is 25.4 Å². The standard InChI is InChI=1S/C13H23N5O2/c19-12(10-18-8-4-2-1-3-5-9-18)14-7-6-11-15-13(20)17-16-11/h1-10H2,(H,14,19)(H2,15,16,17,20). The maximum atomic E-state index is 11.9. The fourth-order valence-electron chi connectivity index (χ4n) is 2.47. The Bertz CT molecular complexity index is 459. The fraction of sp³-hybridized carbons (Fsp3) is 0.769. The lowest BCUT2D eigenvalue weighted by Crippen LogP contribution is -2.39. The first-order chi connectivity index (χ1) is 9.74. The second kappa shape index (κ2) is 7.84. The van der Waals surface area contributed by atoms with Gasteiger partial charge in [-0.05, 0) is 25.9 Å². The van der Waals surface area contributed by atoms with Crippen LogP contribution in [-0.4, -0.2) is 52.2 Å². The minimum atomic E-state index is -0.313. The molecule has 0 aromatic carbocycles. The SMILES string of the molecule is O=C(CN1CCCCCCC1)NCCc1n[nH]c(=O)[nH]1. The van der Waals surface area contributed by atoms with Crippen molar-refractivity contribution in [2.24, 2.45) is 0 Å². The van der Waals surface area contributed by atoms with Gasteiger partial charge in [-0.1, -0.05) is 19.3 Å². The van der Waals surface area contributed by atoms with Crippen molar-refractivity contribution < 1.29 is 4.79 Å². The molecule has 0 bridgehead atoms. The average Bonchev–Trinajstić information content (AvgIpc) is 2.78. The Balaban J connectivity index is 1.65. The van der Waals surface area contributed by atoms with Gasteiger partial charge in [0, 0.05) is 13.0 Å². The Kier molecular flexibility index (Phi) is 5.79. The van der Waals surface area contributed by atoms with Gasteiger partial charge in [0.05, 0.1) is 6.54 Å². The van der Waals surface area contributed by atoms with E-state index in [1.54, 1.807) is 0 Å². The minimum absolute atomic E-state index is 0.0449. The lowest BCUT2D eigenvalue weighted by molar-refractivity contribution is -0.122. The summed E-state index contributed by atoms with van der Waals surface area (Å²) in [7, 11) is 0. The van der Waals surface area contributed by atoms with E-state index < -0.39 is 0 Å². The smallest absolute Gasteiger partial charge is 0.340 e. The molecule has 1 amide bonds. The largest absolute Gasteiger partial charge is 0.355 e. The van der Waals surface area contributed by atoms with Crippen LogP contribution in [0.25, 0.3) is 0 Å². The summed E-state index contributed by atoms with van der Waals surface area (Å²) >= 11 is 0. The molecule has 0 spiro atoms. The van der Waals surface area contributed by atoms with E-state index in [1.807, 2.05) is 0 Å². The van der Waals surface area contributed by atoms with E-state index in [0.717, 1.165) is 13.1 Å². The Hall–Kier alpha value is -1.63. The summed E-state index contributed by atoms with van der Waals surface area (Å²) in [5, 5.41) is 8.97. The number of aromatic nitrogens is 3. The van der Waals surface area contributed by atoms with Crippen LogP contribution in [0.2, 0.25) is 0 Å². The van der Waals surface area contributed by atoms with Gasteiger partial charge in [-0.15, -0.1) is 0 Å². The third-order valence-electron chi connectivity index (χ3n) is 3.55. The van der Waals surface area contributed by atoms with Crippen LogP contribution in [0.4, 0.5) is 0 Å². The maximum Gasteiger partial charge on any atom is 0.340 e. The van der Waals surface area contributed by atoms with Gasteiger partial charge < -0.3 is 5.32 Å². The number of rotatable bonds is 5. The van der Waals surface area contributed by atoms with Crippen molar-refractivity contribution in [1.29, 1.82) is 0 Å². The molecule has 0 aliphatic carbocycles. The number of carbonyl (C=O) groups is 1. The molecule has 1 aliphatic rings. The molecule has 112 valence electrons. The van der Waals surface area contributed by atoms with Crippen molar-refractivity contribution in [3.63, 3.8) is 0 Å². The summed E-state index contributed by atoms with van der Waals surface area (Å²) in [6.45, 7) is 2.99. The van der Waals surface area contributed by atoms with Gasteiger partial charge >= 0.3 is 5.69 Å². The van der Waals surface area contributed by atoms with Crippen LogP contribution in [-0.2, 0) is 11.2 Å². The summed E-state index contributed by atoms with van der Waals surface area (Å²) < 4.78 is 0. The predicted octanol–water partition coefficient (Wildman–Crippen LogP) is 0.0228. The summed E-state index contributed by atoms with van der Waals surface area (Å²) in [5.74, 6) is 0.616. The number of likely N-dealkylation sites (tertiary alicyclic amines) is 1. The van der Waals surface area contributed by atoms with Gasteiger partial charge in [-0.2, -0.15) is 5.10 Å². The molecular weight excluding hydrogens is 258 g/mol. The van der Waals surface area contributed by atoms with Crippen molar-refractivity contribution in [3.05, 3.63) is 16.3 Å². The number of amides is 1. The quantitative estimate of drug-likeness (QED) is 0.709. The van der Waals surface area contributed by atoms with E-state index in [1.165, 1.54) is 32.1 Å². The van der Waals surface area contributed by atoms with Crippen LogP contribution < -0.4 is 11.0 Å². The molecule has 1 aromatic heterocycles. The zero-order valence-electron chi connectivity index (χ0n) is 11.8. The van der Waals surface area contributed by atoms with Crippen LogP contribution in [0.3, 0.4) is 0 Å². The van der Waals surface area contributed by atoms with Crippen LogP contribution in [0.1, 0.15) is 37.9 Å². The summed E-state index contributed by atoms with van der Waals surface area (Å²) in [4.78, 5) is 27.5. The molecule has 1 saturated heterocycles. The molecule has 0 atom stereocenters. The van der Waals surface area contributed by atoms with Gasteiger partial charge in [0.25, 0.3) is 0 Å². The molecule has 20 heavy (non-hydrogen) atoms. The molecular formula is C13H23N5O2. The molecule has 2 rings (SSSR count). The molecule has 1 aliphatic heterocycles. The normalized spacial score (nSPS) is 17.4. The molecule has 7 heteroatoms. The van der Waals surface area contributed by atoms with Crippen molar-refractivity contribution >= 4 is 5.91 Å². The number of hydrogen-bond donors (Lipinski definition) is 3. The van der Waals surface area contributed by atoms with E-state index in [-0.39, 0.29) is 11.6 Å². The zero-order valence-corrected chi connectivity index (χ0v) is 11.8. The molecule has 1 fully saturated rings. The topological polar surface area (TPSA) is 93.9 Å². The third-order valence-corrected chi connectivity index (χ3v) is 3.55. The molecule has 1 aromatic rings. The van der Waals surface area contributed by atoms with Crippen molar-refractivity contribution in [3.8, 4) is 0 Å². The van der Waals surface area contributed by atoms with Crippen molar-refractivity contribution in [1.82, 2.24) is 25.4 Å². The van der Waals surface area contributed by atoms with Crippen LogP contribution in [0.5, 0.6) is 0 Å². The number of aromatic amines is 2. The first-order valence-electron chi connectivity index (χ1n) is 7.36. The van der Waals surface area contributed by atoms with E-state index in [9.17, 15) is 9.59 Å². The Labute approximate surface area is 118 Å². The van der Waals surface area contributed by atoms with Crippen LogP contribution in [0, 0.1) is 0 Å². The Morgan fingerprint density at radius 1 is 1.20 bits per heavy atom. The number of carbonyl (C=O) groups excluding carboxylic acids is 1. The second-order valence-corrected chi connectivity index (χ2v) is 5.27. The Morgan fingerprint density at radius 2 is 1.90 bits per heavy atom. The summed E-state index contributed by atoms with van der Waals surface area (Å²) in [6.07, 6.45) is 6.76. The molecule has 3 N–H and O–H groups in total. The first-order valence-corrected chi connectivity index (χ1v) is 7.36. The first kappa shape index (κ1) is 14.8. The van der Waals surface area contributed by atoms with Gasteiger partial charge in [-0.25, -0.2) is 9.89 Å². The number of nitrogens with zero attached hydrogens (tertiary/aromatic N) is 2. The highest BCUT2D eigenvalue weighted by Crippen LogP contribution is 2.09. The van der Waals surface area contributed by atoms with E-state index >= 15 is 0 Å². The third kappa shape index (κ3) is 5.16. The molecule has 7 nitrogen and oxygen atoms in total. The number of hydrogen-bond acceptors (Lipinski definition) is 4. The second-order valence-electron chi connectivity index (χ2n) is 5.27. The fourth-order valence-corrected chi connectivity index (χ4v) is 2.47. The molecule has 0 radical (unpaired) electrons.